The molecule has 29 heteroatoms. The first-order chi connectivity index (χ1) is 25.4. The molecule has 10 N–H and O–H groups in total. The molecule has 0 radical (unpaired) electrons. The number of nitrogens with two attached hydrogens (primary N) is 1. The zero-order valence-corrected chi connectivity index (χ0v) is 32.9. The number of amides is 2. The van der Waals surface area contributed by atoms with Gasteiger partial charge in [0.25, 0.3) is 0 Å². The standard InChI is InChI=1S/C26H42N7O18P3S/c1-13(34)4-5-14(35)22-31-21(27)17-23(32-22)33(12-30-17)25-18(37)19(50-52(40,41)42)15(49-25)10-47-53(43,44)51-54(45,46)48-11-26(2,3)20(38)24(39)29-7-6-16(36)28-8-9-55/h12,15,18-20,25,37-38,55H,4-11H2,1-3H3,(H,28,36)(H,29,39)(H,43,44)(H,45,46)(H2,27,31,32)(H2,40,41,42)/t15-,18-,19-,20?,25-/m1/s1. The van der Waals surface area contributed by atoms with Crippen LogP contribution in [0.2, 0.25) is 0 Å². The number of nitrogen functional groups attached to an aromatic ring is 1. The van der Waals surface area contributed by atoms with Gasteiger partial charge in [0.2, 0.25) is 17.6 Å². The largest absolute Gasteiger partial charge is 0.481 e. The molecule has 0 aliphatic carbocycles. The number of nitrogens with zero attached hydrogens (tertiary/aromatic N) is 4. The number of rotatable bonds is 22. The number of hydrogen-bond donors (Lipinski definition) is 10. The van der Waals surface area contributed by atoms with Crippen molar-refractivity contribution in [2.75, 3.05) is 37.8 Å². The summed E-state index contributed by atoms with van der Waals surface area (Å²) >= 11 is 3.95. The molecule has 2 amide bonds. The number of aliphatic hydroxyl groups excluding tert-OH is 2. The van der Waals surface area contributed by atoms with E-state index in [1.54, 1.807) is 0 Å². The van der Waals surface area contributed by atoms with Crippen molar-refractivity contribution < 1.29 is 85.3 Å². The lowest BCUT2D eigenvalue weighted by Crippen LogP contribution is -2.46. The van der Waals surface area contributed by atoms with E-state index >= 15 is 0 Å². The molecule has 0 saturated carbocycles. The van der Waals surface area contributed by atoms with Crippen molar-refractivity contribution in [3.63, 3.8) is 0 Å². The summed E-state index contributed by atoms with van der Waals surface area (Å²) in [5, 5.41) is 26.3. The minimum atomic E-state index is -5.63. The van der Waals surface area contributed by atoms with E-state index in [2.05, 4.69) is 47.0 Å². The highest BCUT2D eigenvalue weighted by atomic mass is 32.1. The molecule has 0 aromatic carbocycles. The first kappa shape index (κ1) is 46.6. The molecule has 55 heavy (non-hydrogen) atoms. The van der Waals surface area contributed by atoms with Crippen LogP contribution in [0, 0.1) is 5.41 Å². The number of phosphoric acid groups is 3. The summed E-state index contributed by atoms with van der Waals surface area (Å²) in [6.07, 6.45) is -8.93. The van der Waals surface area contributed by atoms with Gasteiger partial charge in [-0.3, -0.25) is 32.5 Å². The number of Topliss-reactive ketones (excluding diaryl/α,β-unsaturated/α-hetero) is 2. The number of phosphoric ester groups is 3. The van der Waals surface area contributed by atoms with Gasteiger partial charge < -0.3 is 55.7 Å². The second-order valence-electron chi connectivity index (χ2n) is 12.6. The van der Waals surface area contributed by atoms with Gasteiger partial charge in [0.1, 0.15) is 35.7 Å². The van der Waals surface area contributed by atoms with E-state index in [4.69, 9.17) is 19.5 Å². The average Bonchev–Trinajstić information content (AvgIpc) is 3.63. The van der Waals surface area contributed by atoms with E-state index in [1.807, 2.05) is 0 Å². The number of fused-ring (bicyclic) bond motifs is 1. The fraction of sp³-hybridized carbons (Fsp3) is 0.654. The summed E-state index contributed by atoms with van der Waals surface area (Å²) in [5.41, 5.74) is 3.99. The minimum Gasteiger partial charge on any atom is -0.386 e. The second-order valence-corrected chi connectivity index (χ2v) is 17.3. The van der Waals surface area contributed by atoms with E-state index in [0.29, 0.717) is 12.3 Å². The zero-order valence-electron chi connectivity index (χ0n) is 29.4. The number of aromatic nitrogens is 4. The number of anilines is 1. The fourth-order valence-electron chi connectivity index (χ4n) is 4.73. The molecule has 7 atom stereocenters. The van der Waals surface area contributed by atoms with Crippen LogP contribution < -0.4 is 16.4 Å². The van der Waals surface area contributed by atoms with E-state index in [9.17, 15) is 62.7 Å². The van der Waals surface area contributed by atoms with Crippen LogP contribution in [0.4, 0.5) is 5.82 Å². The summed E-state index contributed by atoms with van der Waals surface area (Å²) in [6, 6.07) is 0. The zero-order chi connectivity index (χ0) is 41.5. The quantitative estimate of drug-likeness (QED) is 0.0381. The van der Waals surface area contributed by atoms with Gasteiger partial charge in [0.15, 0.2) is 23.5 Å². The monoisotopic (exact) mass is 865 g/mol. The fourth-order valence-corrected chi connectivity index (χ4v) is 7.67. The first-order valence-corrected chi connectivity index (χ1v) is 21.1. The van der Waals surface area contributed by atoms with Gasteiger partial charge >= 0.3 is 23.5 Å². The molecule has 1 fully saturated rings. The maximum absolute atomic E-state index is 12.7. The molecule has 3 rings (SSSR count). The van der Waals surface area contributed by atoms with Crippen molar-refractivity contribution in [2.45, 2.75) is 70.7 Å². The first-order valence-electron chi connectivity index (χ1n) is 16.0. The lowest BCUT2D eigenvalue weighted by atomic mass is 9.87. The Morgan fingerprint density at radius 1 is 1.04 bits per heavy atom. The van der Waals surface area contributed by atoms with Gasteiger partial charge in [-0.25, -0.2) is 28.6 Å². The predicted octanol–water partition coefficient (Wildman–Crippen LogP) is -1.11. The Morgan fingerprint density at radius 2 is 1.69 bits per heavy atom. The number of hydrogen-bond acceptors (Lipinski definition) is 19. The Morgan fingerprint density at radius 3 is 2.31 bits per heavy atom. The number of nitrogens with one attached hydrogen (secondary N) is 2. The van der Waals surface area contributed by atoms with Gasteiger partial charge in [-0.15, -0.1) is 0 Å². The second kappa shape index (κ2) is 19.1. The van der Waals surface area contributed by atoms with Crippen LogP contribution in [0.5, 0.6) is 0 Å². The van der Waals surface area contributed by atoms with E-state index in [0.717, 1.165) is 10.9 Å². The number of thiol groups is 1. The molecule has 2 aromatic rings. The van der Waals surface area contributed by atoms with Gasteiger partial charge in [-0.05, 0) is 6.92 Å². The smallest absolute Gasteiger partial charge is 0.386 e. The third-order valence-corrected chi connectivity index (χ3v) is 10.8. The van der Waals surface area contributed by atoms with Gasteiger partial charge in [-0.1, -0.05) is 13.8 Å². The summed E-state index contributed by atoms with van der Waals surface area (Å²) < 4.78 is 62.1. The molecule has 25 nitrogen and oxygen atoms in total. The Bertz CT molecular complexity index is 1880. The molecular weight excluding hydrogens is 823 g/mol. The van der Waals surface area contributed by atoms with Crippen LogP contribution in [0.25, 0.3) is 11.2 Å². The Hall–Kier alpha value is -2.77. The number of ketones is 2. The van der Waals surface area contributed by atoms with E-state index < -0.39 is 90.3 Å². The third-order valence-electron chi connectivity index (χ3n) is 7.53. The van der Waals surface area contributed by atoms with Crippen molar-refractivity contribution in [1.29, 1.82) is 0 Å². The SMILES string of the molecule is CC(=O)CCC(=O)c1nc(N)c2ncn([C@@H]3O[C@H](COP(=O)(O)OP(=O)(O)OCC(C)(C)C(O)C(=O)NCCC(=O)NCCS)[C@@H](OP(=O)(O)O)[C@H]3O)c2n1. The van der Waals surface area contributed by atoms with E-state index in [1.165, 1.54) is 20.8 Å². The minimum absolute atomic E-state index is 0.0982. The van der Waals surface area contributed by atoms with Gasteiger partial charge in [0.05, 0.1) is 19.5 Å². The van der Waals surface area contributed by atoms with Crippen molar-refractivity contribution in [1.82, 2.24) is 30.2 Å². The molecule has 1 saturated heterocycles. The highest BCUT2D eigenvalue weighted by Gasteiger charge is 2.50. The van der Waals surface area contributed by atoms with Crippen LogP contribution in [0.3, 0.4) is 0 Å². The van der Waals surface area contributed by atoms with Gasteiger partial charge in [0, 0.05) is 43.5 Å². The third kappa shape index (κ3) is 13.7. The summed E-state index contributed by atoms with van der Waals surface area (Å²) in [5.74, 6) is -2.64. The van der Waals surface area contributed by atoms with Crippen molar-refractivity contribution in [3.8, 4) is 0 Å². The summed E-state index contributed by atoms with van der Waals surface area (Å²) in [4.78, 5) is 99.3. The lowest BCUT2D eigenvalue weighted by Gasteiger charge is -2.30. The maximum atomic E-state index is 12.7. The molecule has 1 aliphatic heterocycles. The predicted molar refractivity (Wildman–Crippen MR) is 188 cm³/mol. The van der Waals surface area contributed by atoms with E-state index in [-0.39, 0.29) is 54.5 Å². The van der Waals surface area contributed by atoms with Crippen molar-refractivity contribution in [2.24, 2.45) is 5.41 Å². The molecule has 0 spiro atoms. The normalized spacial score (nSPS) is 21.8. The molecule has 3 heterocycles. The Labute approximate surface area is 317 Å². The average molecular weight is 866 g/mol. The van der Waals surface area contributed by atoms with Crippen molar-refractivity contribution in [3.05, 3.63) is 12.2 Å². The highest BCUT2D eigenvalue weighted by molar-refractivity contribution is 7.80. The van der Waals surface area contributed by atoms with Crippen LogP contribution in [-0.2, 0) is 50.7 Å². The number of carbonyl (C=O) groups excluding carboxylic acids is 4. The Kier molecular flexibility index (Phi) is 16.2. The summed E-state index contributed by atoms with van der Waals surface area (Å²) in [7, 11) is -16.6. The Balaban J connectivity index is 1.70. The molecule has 0 bridgehead atoms. The number of aliphatic hydroxyl groups is 2. The molecule has 3 unspecified atom stereocenters. The molecular formula is C26H42N7O18P3S. The maximum Gasteiger partial charge on any atom is 0.481 e. The molecule has 310 valence electrons. The summed E-state index contributed by atoms with van der Waals surface area (Å²) in [6.45, 7) is 1.79. The molecule has 1 aliphatic rings. The number of carbonyl (C=O) groups is 4. The van der Waals surface area contributed by atoms with Crippen LogP contribution in [0.15, 0.2) is 6.33 Å². The number of imidazole rings is 1. The highest BCUT2D eigenvalue weighted by Crippen LogP contribution is 2.61. The van der Waals surface area contributed by atoms with Crippen LogP contribution in [-0.4, -0.2) is 129 Å². The van der Waals surface area contributed by atoms with Crippen molar-refractivity contribution >= 4 is 76.5 Å². The van der Waals surface area contributed by atoms with Gasteiger partial charge in [-0.2, -0.15) is 16.9 Å². The topological polar surface area (TPSA) is 381 Å². The number of ether oxygens (including phenoxy) is 1. The van der Waals surface area contributed by atoms with Crippen LogP contribution >= 0.6 is 36.1 Å². The lowest BCUT2D eigenvalue weighted by molar-refractivity contribution is -0.137. The molecule has 2 aromatic heterocycles. The van der Waals surface area contributed by atoms with Crippen LogP contribution in [0.1, 0.15) is 56.9 Å².